The Labute approximate surface area is 116 Å². The van der Waals surface area contributed by atoms with E-state index in [2.05, 4.69) is 5.32 Å². The lowest BCUT2D eigenvalue weighted by atomic mass is 9.90. The lowest BCUT2D eigenvalue weighted by Gasteiger charge is -2.22. The lowest BCUT2D eigenvalue weighted by Crippen LogP contribution is -2.41. The fraction of sp³-hybridized carbons (Fsp3) is 0.538. The number of rotatable bonds is 3. The molecule has 0 aromatic carbocycles. The summed E-state index contributed by atoms with van der Waals surface area (Å²) in [5.74, 6) is -0.839. The largest absolute Gasteiger partial charge is 0.481 e. The van der Waals surface area contributed by atoms with E-state index in [0.29, 0.717) is 13.0 Å². The summed E-state index contributed by atoms with van der Waals surface area (Å²) in [5, 5.41) is 14.0. The van der Waals surface area contributed by atoms with Gasteiger partial charge in [0.15, 0.2) is 0 Å². The smallest absolute Gasteiger partial charge is 0.317 e. The van der Waals surface area contributed by atoms with Gasteiger partial charge in [0.1, 0.15) is 0 Å². The average molecular weight is 282 g/mol. The molecule has 2 N–H and O–H groups in total. The number of likely N-dealkylation sites (tertiary alicyclic amines) is 1. The summed E-state index contributed by atoms with van der Waals surface area (Å²) >= 11 is 1.59. The van der Waals surface area contributed by atoms with Crippen molar-refractivity contribution in [3.63, 3.8) is 0 Å². The number of carbonyl (C=O) groups is 2. The third-order valence-electron chi connectivity index (χ3n) is 3.59. The van der Waals surface area contributed by atoms with Gasteiger partial charge in [0.25, 0.3) is 0 Å². The molecule has 0 saturated carbocycles. The quantitative estimate of drug-likeness (QED) is 0.894. The Morgan fingerprint density at radius 1 is 1.58 bits per heavy atom. The molecule has 1 aliphatic heterocycles. The van der Waals surface area contributed by atoms with Gasteiger partial charge in [-0.2, -0.15) is 0 Å². The van der Waals surface area contributed by atoms with Crippen LogP contribution in [0.1, 0.15) is 31.2 Å². The lowest BCUT2D eigenvalue weighted by molar-refractivity contribution is -0.146. The summed E-state index contributed by atoms with van der Waals surface area (Å²) in [4.78, 5) is 25.9. The molecule has 6 heteroatoms. The van der Waals surface area contributed by atoms with Gasteiger partial charge in [-0.25, -0.2) is 4.79 Å². The first-order valence-corrected chi connectivity index (χ1v) is 7.12. The van der Waals surface area contributed by atoms with Crippen LogP contribution in [0.3, 0.4) is 0 Å². The van der Waals surface area contributed by atoms with Crippen LogP contribution in [0.4, 0.5) is 4.79 Å². The first-order valence-electron chi connectivity index (χ1n) is 6.24. The maximum Gasteiger partial charge on any atom is 0.317 e. The van der Waals surface area contributed by atoms with Crippen molar-refractivity contribution in [3.05, 3.63) is 22.4 Å². The number of hydrogen-bond acceptors (Lipinski definition) is 3. The molecule has 19 heavy (non-hydrogen) atoms. The maximum atomic E-state index is 12.1. The van der Waals surface area contributed by atoms with E-state index in [0.717, 1.165) is 4.88 Å². The SMILES string of the molecule is CC(NC(=O)N1CCC(C)(C(=O)O)C1)c1cccs1. The van der Waals surface area contributed by atoms with Gasteiger partial charge in [-0.1, -0.05) is 6.07 Å². The summed E-state index contributed by atoms with van der Waals surface area (Å²) < 4.78 is 0. The van der Waals surface area contributed by atoms with Crippen LogP contribution in [0, 0.1) is 5.41 Å². The number of carboxylic acids is 1. The predicted octanol–water partition coefficient (Wildman–Crippen LogP) is 2.32. The minimum Gasteiger partial charge on any atom is -0.481 e. The Morgan fingerprint density at radius 3 is 2.84 bits per heavy atom. The normalized spacial score (nSPS) is 24.2. The molecule has 1 saturated heterocycles. The highest BCUT2D eigenvalue weighted by molar-refractivity contribution is 7.10. The van der Waals surface area contributed by atoms with Crippen LogP contribution < -0.4 is 5.32 Å². The molecule has 0 spiro atoms. The monoisotopic (exact) mass is 282 g/mol. The standard InChI is InChI=1S/C13H18N2O3S/c1-9(10-4-3-7-19-10)14-12(18)15-6-5-13(2,8-15)11(16)17/h3-4,7,9H,5-6,8H2,1-2H3,(H,14,18)(H,16,17). The molecular weight excluding hydrogens is 264 g/mol. The van der Waals surface area contributed by atoms with Crippen LogP contribution in [0.25, 0.3) is 0 Å². The fourth-order valence-corrected chi connectivity index (χ4v) is 2.93. The number of nitrogens with zero attached hydrogens (tertiary/aromatic N) is 1. The van der Waals surface area contributed by atoms with Crippen molar-refractivity contribution in [2.24, 2.45) is 5.41 Å². The molecule has 0 bridgehead atoms. The molecule has 2 atom stereocenters. The highest BCUT2D eigenvalue weighted by Crippen LogP contribution is 2.30. The van der Waals surface area contributed by atoms with Gasteiger partial charge in [-0.3, -0.25) is 4.79 Å². The van der Waals surface area contributed by atoms with Crippen LogP contribution in [-0.4, -0.2) is 35.1 Å². The summed E-state index contributed by atoms with van der Waals surface area (Å²) in [5.41, 5.74) is -0.816. The van der Waals surface area contributed by atoms with Crippen LogP contribution in [0.5, 0.6) is 0 Å². The highest BCUT2D eigenvalue weighted by atomic mass is 32.1. The minimum atomic E-state index is -0.839. The van der Waals surface area contributed by atoms with Crippen LogP contribution >= 0.6 is 11.3 Å². The van der Waals surface area contributed by atoms with Crippen LogP contribution in [0.2, 0.25) is 0 Å². The molecule has 104 valence electrons. The second-order valence-electron chi connectivity index (χ2n) is 5.22. The van der Waals surface area contributed by atoms with Crippen LogP contribution in [0.15, 0.2) is 17.5 Å². The van der Waals surface area contributed by atoms with E-state index in [9.17, 15) is 9.59 Å². The van der Waals surface area contributed by atoms with Crippen molar-refractivity contribution in [1.82, 2.24) is 10.2 Å². The van der Waals surface area contributed by atoms with E-state index in [-0.39, 0.29) is 18.6 Å². The van der Waals surface area contributed by atoms with Gasteiger partial charge in [0, 0.05) is 18.0 Å². The molecule has 2 rings (SSSR count). The Kier molecular flexibility index (Phi) is 3.80. The van der Waals surface area contributed by atoms with Crippen LogP contribution in [-0.2, 0) is 4.79 Å². The molecule has 2 amide bonds. The molecule has 2 heterocycles. The third-order valence-corrected chi connectivity index (χ3v) is 4.64. The van der Waals surface area contributed by atoms with Crippen molar-refractivity contribution in [1.29, 1.82) is 0 Å². The average Bonchev–Trinajstić information content (AvgIpc) is 2.98. The molecule has 0 radical (unpaired) electrons. The van der Waals surface area contributed by atoms with E-state index in [1.54, 1.807) is 23.2 Å². The minimum absolute atomic E-state index is 0.0517. The Hall–Kier alpha value is -1.56. The number of thiophene rings is 1. The van der Waals surface area contributed by atoms with E-state index in [1.807, 2.05) is 24.4 Å². The number of aliphatic carboxylic acids is 1. The third kappa shape index (κ3) is 2.89. The van der Waals surface area contributed by atoms with Gasteiger partial charge in [-0.15, -0.1) is 11.3 Å². The van der Waals surface area contributed by atoms with Gasteiger partial charge in [0.2, 0.25) is 0 Å². The predicted molar refractivity (Wildman–Crippen MR) is 73.2 cm³/mol. The van der Waals surface area contributed by atoms with Crippen molar-refractivity contribution in [3.8, 4) is 0 Å². The van der Waals surface area contributed by atoms with Crippen molar-refractivity contribution in [2.75, 3.05) is 13.1 Å². The summed E-state index contributed by atoms with van der Waals surface area (Å²) in [6.45, 7) is 4.37. The van der Waals surface area contributed by atoms with Gasteiger partial charge >= 0.3 is 12.0 Å². The van der Waals surface area contributed by atoms with Crippen molar-refractivity contribution < 1.29 is 14.7 Å². The van der Waals surface area contributed by atoms with E-state index >= 15 is 0 Å². The van der Waals surface area contributed by atoms with Crippen molar-refractivity contribution >= 4 is 23.3 Å². The van der Waals surface area contributed by atoms with E-state index in [4.69, 9.17) is 5.11 Å². The highest BCUT2D eigenvalue weighted by Gasteiger charge is 2.42. The Bertz CT molecular complexity index is 474. The number of carbonyl (C=O) groups excluding carboxylic acids is 1. The van der Waals surface area contributed by atoms with Crippen molar-refractivity contribution in [2.45, 2.75) is 26.3 Å². The molecule has 1 aromatic rings. The number of hydrogen-bond donors (Lipinski definition) is 2. The molecule has 1 aromatic heterocycles. The van der Waals surface area contributed by atoms with Gasteiger partial charge in [0.05, 0.1) is 11.5 Å². The molecule has 2 unspecified atom stereocenters. The Balaban J connectivity index is 1.93. The second-order valence-corrected chi connectivity index (χ2v) is 6.20. The van der Waals surface area contributed by atoms with E-state index in [1.165, 1.54) is 0 Å². The number of nitrogens with one attached hydrogen (secondary N) is 1. The zero-order valence-electron chi connectivity index (χ0n) is 11.0. The van der Waals surface area contributed by atoms with Gasteiger partial charge < -0.3 is 15.3 Å². The zero-order valence-corrected chi connectivity index (χ0v) is 11.9. The molecule has 1 aliphatic rings. The zero-order chi connectivity index (χ0) is 14.0. The maximum absolute atomic E-state index is 12.1. The first-order chi connectivity index (χ1) is 8.92. The number of urea groups is 1. The topological polar surface area (TPSA) is 69.6 Å². The number of carboxylic acid groups (broad SMARTS) is 1. The molecule has 5 nitrogen and oxygen atoms in total. The molecular formula is C13H18N2O3S. The summed E-state index contributed by atoms with van der Waals surface area (Å²) in [7, 11) is 0. The molecule has 0 aliphatic carbocycles. The Morgan fingerprint density at radius 2 is 2.32 bits per heavy atom. The van der Waals surface area contributed by atoms with Gasteiger partial charge in [-0.05, 0) is 31.7 Å². The molecule has 1 fully saturated rings. The number of amides is 2. The first kappa shape index (κ1) is 13.9. The fourth-order valence-electron chi connectivity index (χ4n) is 2.19. The summed E-state index contributed by atoms with van der Waals surface area (Å²) in [6, 6.07) is 3.68. The van der Waals surface area contributed by atoms with E-state index < -0.39 is 11.4 Å². The summed E-state index contributed by atoms with van der Waals surface area (Å²) in [6.07, 6.45) is 0.503. The second kappa shape index (κ2) is 5.21.